The summed E-state index contributed by atoms with van der Waals surface area (Å²) in [5.41, 5.74) is 6.00. The van der Waals surface area contributed by atoms with E-state index in [2.05, 4.69) is 5.73 Å². The first-order valence-electron chi connectivity index (χ1n) is 5.40. The summed E-state index contributed by atoms with van der Waals surface area (Å²) in [5.74, 6) is 0. The quantitative estimate of drug-likeness (QED) is 0.802. The second-order valence-electron chi connectivity index (χ2n) is 3.87. The van der Waals surface area contributed by atoms with Gasteiger partial charge in [0, 0.05) is 5.56 Å². The zero-order valence-corrected chi connectivity index (χ0v) is 9.08. The highest BCUT2D eigenvalue weighted by Gasteiger charge is 2.21. The Bertz CT molecular complexity index is 384. The Morgan fingerprint density at radius 3 is 1.69 bits per heavy atom. The molecule has 0 heterocycles. The van der Waals surface area contributed by atoms with Crippen LogP contribution in [0.25, 0.3) is 0 Å². The standard InChI is InChI=1S/C14H15NO/c15-13(11-7-3-1-4-8-11)14(16)12-9-5-2-6-10-12/h1-10,13-14,16H,15H2/p+1/t13-,14-/m1/s1. The van der Waals surface area contributed by atoms with Crippen molar-refractivity contribution in [2.24, 2.45) is 0 Å². The van der Waals surface area contributed by atoms with Crippen LogP contribution in [0.1, 0.15) is 23.3 Å². The van der Waals surface area contributed by atoms with Crippen molar-refractivity contribution in [2.75, 3.05) is 0 Å². The van der Waals surface area contributed by atoms with Crippen LogP contribution in [-0.4, -0.2) is 5.11 Å². The van der Waals surface area contributed by atoms with Gasteiger partial charge in [-0.15, -0.1) is 0 Å². The molecule has 2 rings (SSSR count). The van der Waals surface area contributed by atoms with E-state index < -0.39 is 6.10 Å². The summed E-state index contributed by atoms with van der Waals surface area (Å²) in [6.45, 7) is 0. The average Bonchev–Trinajstić information content (AvgIpc) is 2.39. The summed E-state index contributed by atoms with van der Waals surface area (Å²) in [7, 11) is 0. The van der Waals surface area contributed by atoms with E-state index in [1.165, 1.54) is 0 Å². The van der Waals surface area contributed by atoms with Gasteiger partial charge in [0.2, 0.25) is 0 Å². The SMILES string of the molecule is [NH3+][C@H](c1ccccc1)[C@H](O)c1ccccc1. The van der Waals surface area contributed by atoms with Crippen LogP contribution in [0.2, 0.25) is 0 Å². The molecular weight excluding hydrogens is 198 g/mol. The Labute approximate surface area is 95.4 Å². The van der Waals surface area contributed by atoms with Crippen LogP contribution in [0, 0.1) is 0 Å². The highest BCUT2D eigenvalue weighted by molar-refractivity contribution is 5.24. The van der Waals surface area contributed by atoms with E-state index in [-0.39, 0.29) is 6.04 Å². The topological polar surface area (TPSA) is 47.9 Å². The van der Waals surface area contributed by atoms with E-state index in [0.29, 0.717) is 0 Å². The maximum absolute atomic E-state index is 10.2. The number of benzene rings is 2. The molecule has 0 unspecified atom stereocenters. The molecular formula is C14H16NO+. The van der Waals surface area contributed by atoms with Crippen LogP contribution in [0.15, 0.2) is 60.7 Å². The second-order valence-corrected chi connectivity index (χ2v) is 3.87. The smallest absolute Gasteiger partial charge is 0.140 e. The normalized spacial score (nSPS) is 14.4. The van der Waals surface area contributed by atoms with Gasteiger partial charge in [0.05, 0.1) is 0 Å². The van der Waals surface area contributed by atoms with Crippen molar-refractivity contribution in [3.8, 4) is 0 Å². The fourth-order valence-corrected chi connectivity index (χ4v) is 1.77. The van der Waals surface area contributed by atoms with Gasteiger partial charge in [-0.3, -0.25) is 0 Å². The van der Waals surface area contributed by atoms with Crippen molar-refractivity contribution in [1.82, 2.24) is 0 Å². The fourth-order valence-electron chi connectivity index (χ4n) is 1.77. The van der Waals surface area contributed by atoms with Gasteiger partial charge in [-0.05, 0) is 5.56 Å². The van der Waals surface area contributed by atoms with E-state index in [0.717, 1.165) is 11.1 Å². The number of aliphatic hydroxyl groups excluding tert-OH is 1. The average molecular weight is 214 g/mol. The summed E-state index contributed by atoms with van der Waals surface area (Å²) in [4.78, 5) is 0. The lowest BCUT2D eigenvalue weighted by Crippen LogP contribution is -2.56. The molecule has 4 N–H and O–H groups in total. The second kappa shape index (κ2) is 4.92. The highest BCUT2D eigenvalue weighted by Crippen LogP contribution is 2.24. The Balaban J connectivity index is 2.20. The molecule has 0 aliphatic rings. The van der Waals surface area contributed by atoms with Gasteiger partial charge in [0.15, 0.2) is 0 Å². The number of quaternary nitrogens is 1. The molecule has 2 nitrogen and oxygen atoms in total. The van der Waals surface area contributed by atoms with E-state index in [1.54, 1.807) is 0 Å². The molecule has 2 heteroatoms. The van der Waals surface area contributed by atoms with Crippen molar-refractivity contribution < 1.29 is 10.8 Å². The van der Waals surface area contributed by atoms with Crippen LogP contribution >= 0.6 is 0 Å². The van der Waals surface area contributed by atoms with Gasteiger partial charge >= 0.3 is 0 Å². The summed E-state index contributed by atoms with van der Waals surface area (Å²) < 4.78 is 0. The Kier molecular flexibility index (Phi) is 3.34. The van der Waals surface area contributed by atoms with Crippen LogP contribution < -0.4 is 5.73 Å². The molecule has 0 saturated carbocycles. The van der Waals surface area contributed by atoms with Crippen molar-refractivity contribution in [3.05, 3.63) is 71.8 Å². The number of hydrogen-bond donors (Lipinski definition) is 2. The molecule has 2 aromatic carbocycles. The van der Waals surface area contributed by atoms with Crippen LogP contribution in [0.5, 0.6) is 0 Å². The zero-order chi connectivity index (χ0) is 11.4. The molecule has 0 saturated heterocycles. The lowest BCUT2D eigenvalue weighted by Gasteiger charge is -2.16. The van der Waals surface area contributed by atoms with Crippen molar-refractivity contribution in [2.45, 2.75) is 12.1 Å². The Hall–Kier alpha value is -1.64. The minimum absolute atomic E-state index is 0.136. The van der Waals surface area contributed by atoms with Crippen LogP contribution in [0.3, 0.4) is 0 Å². The largest absolute Gasteiger partial charge is 0.382 e. The molecule has 0 radical (unpaired) electrons. The summed E-state index contributed by atoms with van der Waals surface area (Å²) in [5, 5.41) is 10.2. The molecule has 2 atom stereocenters. The third kappa shape index (κ3) is 2.30. The number of aliphatic hydroxyl groups is 1. The predicted octanol–water partition coefficient (Wildman–Crippen LogP) is 1.70. The van der Waals surface area contributed by atoms with Crippen LogP contribution in [-0.2, 0) is 0 Å². The molecule has 0 bridgehead atoms. The van der Waals surface area contributed by atoms with Crippen molar-refractivity contribution >= 4 is 0 Å². The zero-order valence-electron chi connectivity index (χ0n) is 9.08. The van der Waals surface area contributed by atoms with Crippen LogP contribution in [0.4, 0.5) is 0 Å². The maximum atomic E-state index is 10.2. The molecule has 0 aliphatic carbocycles. The molecule has 0 fully saturated rings. The van der Waals surface area contributed by atoms with E-state index >= 15 is 0 Å². The monoisotopic (exact) mass is 214 g/mol. The Morgan fingerprint density at radius 1 is 0.750 bits per heavy atom. The first-order valence-corrected chi connectivity index (χ1v) is 5.40. The van der Waals surface area contributed by atoms with Gasteiger partial charge in [-0.25, -0.2) is 0 Å². The maximum Gasteiger partial charge on any atom is 0.140 e. The molecule has 82 valence electrons. The molecule has 0 aliphatic heterocycles. The first kappa shape index (κ1) is 10.9. The van der Waals surface area contributed by atoms with Gasteiger partial charge in [-0.2, -0.15) is 0 Å². The highest BCUT2D eigenvalue weighted by atomic mass is 16.3. The number of hydrogen-bond acceptors (Lipinski definition) is 1. The van der Waals surface area contributed by atoms with Crippen molar-refractivity contribution in [3.63, 3.8) is 0 Å². The lowest BCUT2D eigenvalue weighted by molar-refractivity contribution is -0.446. The molecule has 0 aromatic heterocycles. The molecule has 0 spiro atoms. The van der Waals surface area contributed by atoms with Gasteiger partial charge in [-0.1, -0.05) is 60.7 Å². The molecule has 2 aromatic rings. The van der Waals surface area contributed by atoms with Gasteiger partial charge < -0.3 is 10.8 Å². The Morgan fingerprint density at radius 2 is 1.19 bits per heavy atom. The summed E-state index contributed by atoms with van der Waals surface area (Å²) in [6.07, 6.45) is -0.552. The van der Waals surface area contributed by atoms with E-state index in [4.69, 9.17) is 0 Å². The molecule has 0 amide bonds. The lowest BCUT2D eigenvalue weighted by atomic mass is 9.97. The third-order valence-electron chi connectivity index (χ3n) is 2.75. The van der Waals surface area contributed by atoms with Crippen molar-refractivity contribution in [1.29, 1.82) is 0 Å². The minimum atomic E-state index is -0.552. The summed E-state index contributed by atoms with van der Waals surface area (Å²) in [6, 6.07) is 19.4. The predicted molar refractivity (Wildman–Crippen MR) is 63.5 cm³/mol. The molecule has 16 heavy (non-hydrogen) atoms. The van der Waals surface area contributed by atoms with E-state index in [1.807, 2.05) is 60.7 Å². The third-order valence-corrected chi connectivity index (χ3v) is 2.75. The fraction of sp³-hybridized carbons (Fsp3) is 0.143. The first-order chi connectivity index (χ1) is 7.79. The summed E-state index contributed by atoms with van der Waals surface area (Å²) >= 11 is 0. The van der Waals surface area contributed by atoms with Gasteiger partial charge in [0.1, 0.15) is 12.1 Å². The van der Waals surface area contributed by atoms with E-state index in [9.17, 15) is 5.11 Å². The minimum Gasteiger partial charge on any atom is -0.382 e. The van der Waals surface area contributed by atoms with Gasteiger partial charge in [0.25, 0.3) is 0 Å². The number of rotatable bonds is 3.